The number of ether oxygens (including phenoxy) is 1. The molecule has 0 saturated heterocycles. The number of sulfonamides is 1. The number of methoxy groups -OCH3 is 1. The topological polar surface area (TPSA) is 75.6 Å². The van der Waals surface area contributed by atoms with Crippen LogP contribution in [0.2, 0.25) is 0 Å². The normalized spacial score (nSPS) is 13.3. The molecule has 0 aliphatic heterocycles. The van der Waals surface area contributed by atoms with E-state index in [0.29, 0.717) is 16.6 Å². The first kappa shape index (κ1) is 15.4. The van der Waals surface area contributed by atoms with Crippen LogP contribution in [0.15, 0.2) is 27.6 Å². The highest BCUT2D eigenvalue weighted by Gasteiger charge is 2.19. The van der Waals surface area contributed by atoms with Gasteiger partial charge in [0.25, 0.3) is 0 Å². The van der Waals surface area contributed by atoms with E-state index < -0.39 is 16.1 Å². The van der Waals surface area contributed by atoms with E-state index in [1.54, 1.807) is 13.0 Å². The van der Waals surface area contributed by atoms with Gasteiger partial charge in [-0.05, 0) is 40.5 Å². The third kappa shape index (κ3) is 3.68. The molecule has 7 heteroatoms. The summed E-state index contributed by atoms with van der Waals surface area (Å²) >= 11 is 3.23. The lowest BCUT2D eigenvalue weighted by Crippen LogP contribution is -2.36. The smallest absolute Gasteiger partial charge is 0.240 e. The van der Waals surface area contributed by atoms with Crippen LogP contribution in [-0.4, -0.2) is 33.3 Å². The van der Waals surface area contributed by atoms with Gasteiger partial charge in [0.05, 0.1) is 23.1 Å². The molecule has 0 aliphatic rings. The van der Waals surface area contributed by atoms with Gasteiger partial charge in [0.15, 0.2) is 0 Å². The maximum atomic E-state index is 12.0. The van der Waals surface area contributed by atoms with Crippen molar-refractivity contribution < 1.29 is 18.3 Å². The lowest BCUT2D eigenvalue weighted by Gasteiger charge is -2.15. The summed E-state index contributed by atoms with van der Waals surface area (Å²) in [5, 5.41) is 9.02. The molecule has 0 heterocycles. The summed E-state index contributed by atoms with van der Waals surface area (Å²) in [4.78, 5) is 0.127. The highest BCUT2D eigenvalue weighted by atomic mass is 79.9. The van der Waals surface area contributed by atoms with Gasteiger partial charge in [0.2, 0.25) is 10.0 Å². The van der Waals surface area contributed by atoms with Crippen molar-refractivity contribution in [3.8, 4) is 5.75 Å². The van der Waals surface area contributed by atoms with Gasteiger partial charge in [0.1, 0.15) is 5.75 Å². The summed E-state index contributed by atoms with van der Waals surface area (Å²) in [5.74, 6) is 0.558. The monoisotopic (exact) mass is 337 g/mol. The number of hydrogen-bond acceptors (Lipinski definition) is 4. The number of nitrogens with one attached hydrogen (secondary N) is 1. The van der Waals surface area contributed by atoms with Crippen LogP contribution in [-0.2, 0) is 10.0 Å². The molecule has 0 bridgehead atoms. The second-order valence-electron chi connectivity index (χ2n) is 3.71. The van der Waals surface area contributed by atoms with E-state index in [0.717, 1.165) is 0 Å². The van der Waals surface area contributed by atoms with Crippen molar-refractivity contribution in [1.82, 2.24) is 4.72 Å². The molecule has 1 atom stereocenters. The number of rotatable bonds is 6. The Hall–Kier alpha value is -0.630. The van der Waals surface area contributed by atoms with E-state index in [2.05, 4.69) is 20.7 Å². The van der Waals surface area contributed by atoms with Gasteiger partial charge in [-0.15, -0.1) is 0 Å². The fourth-order valence-corrected chi connectivity index (χ4v) is 3.38. The molecule has 0 saturated carbocycles. The maximum absolute atomic E-state index is 12.0. The molecule has 2 N–H and O–H groups in total. The SMILES string of the molecule is CC[C@H](CO)NS(=O)(=O)c1ccc(OC)c(Br)c1. The van der Waals surface area contributed by atoms with Gasteiger partial charge in [-0.25, -0.2) is 13.1 Å². The van der Waals surface area contributed by atoms with Crippen LogP contribution in [0, 0.1) is 0 Å². The van der Waals surface area contributed by atoms with Crippen molar-refractivity contribution in [3.05, 3.63) is 22.7 Å². The quantitative estimate of drug-likeness (QED) is 0.824. The van der Waals surface area contributed by atoms with Crippen LogP contribution in [0.4, 0.5) is 0 Å². The van der Waals surface area contributed by atoms with Crippen molar-refractivity contribution in [3.63, 3.8) is 0 Å². The van der Waals surface area contributed by atoms with Gasteiger partial charge in [-0.2, -0.15) is 0 Å². The molecule has 0 fully saturated rings. The highest BCUT2D eigenvalue weighted by molar-refractivity contribution is 9.10. The molecule has 0 aromatic heterocycles. The van der Waals surface area contributed by atoms with Crippen LogP contribution in [0.25, 0.3) is 0 Å². The Kier molecular flexibility index (Phi) is 5.58. The summed E-state index contributed by atoms with van der Waals surface area (Å²) in [6.07, 6.45) is 0.521. The van der Waals surface area contributed by atoms with Gasteiger partial charge in [-0.1, -0.05) is 6.92 Å². The average Bonchev–Trinajstić information content (AvgIpc) is 2.35. The molecule has 1 aromatic rings. The van der Waals surface area contributed by atoms with Crippen molar-refractivity contribution in [1.29, 1.82) is 0 Å². The third-order valence-corrected chi connectivity index (χ3v) is 4.61. The number of halogens is 1. The number of benzene rings is 1. The zero-order valence-corrected chi connectivity index (χ0v) is 12.6. The molecular weight excluding hydrogens is 322 g/mol. The number of hydrogen-bond donors (Lipinski definition) is 2. The fourth-order valence-electron chi connectivity index (χ4n) is 1.35. The molecule has 0 unspecified atom stereocenters. The highest BCUT2D eigenvalue weighted by Crippen LogP contribution is 2.27. The molecule has 5 nitrogen and oxygen atoms in total. The summed E-state index contributed by atoms with van der Waals surface area (Å²) in [5.41, 5.74) is 0. The first-order chi connectivity index (χ1) is 8.44. The lowest BCUT2D eigenvalue weighted by atomic mass is 10.3. The van der Waals surface area contributed by atoms with Crippen LogP contribution < -0.4 is 9.46 Å². The standard InChI is InChI=1S/C11H16BrNO4S/c1-3-8(7-14)13-18(15,16)9-4-5-11(17-2)10(12)6-9/h4-6,8,13-14H,3,7H2,1-2H3/t8-/m1/s1. The van der Waals surface area contributed by atoms with Crippen LogP contribution in [0.3, 0.4) is 0 Å². The molecular formula is C11H16BrNO4S. The van der Waals surface area contributed by atoms with Crippen LogP contribution in [0.1, 0.15) is 13.3 Å². The first-order valence-corrected chi connectivity index (χ1v) is 7.69. The minimum absolute atomic E-state index is 0.127. The molecule has 1 rings (SSSR count). The Morgan fingerprint density at radius 3 is 2.61 bits per heavy atom. The van der Waals surface area contributed by atoms with Gasteiger partial charge >= 0.3 is 0 Å². The van der Waals surface area contributed by atoms with E-state index >= 15 is 0 Å². The Bertz CT molecular complexity index is 500. The first-order valence-electron chi connectivity index (χ1n) is 5.41. The fraction of sp³-hybridized carbons (Fsp3) is 0.455. The Morgan fingerprint density at radius 2 is 2.17 bits per heavy atom. The zero-order chi connectivity index (χ0) is 13.8. The number of aliphatic hydroxyl groups excluding tert-OH is 1. The molecule has 0 amide bonds. The minimum atomic E-state index is -3.63. The van der Waals surface area contributed by atoms with Crippen LogP contribution in [0.5, 0.6) is 5.75 Å². The van der Waals surface area contributed by atoms with E-state index in [9.17, 15) is 8.42 Å². The summed E-state index contributed by atoms with van der Waals surface area (Å²) < 4.78 is 32.1. The molecule has 0 radical (unpaired) electrons. The molecule has 1 aromatic carbocycles. The second-order valence-corrected chi connectivity index (χ2v) is 6.27. The molecule has 0 spiro atoms. The van der Waals surface area contributed by atoms with Gasteiger partial charge in [-0.3, -0.25) is 0 Å². The summed E-state index contributed by atoms with van der Waals surface area (Å²) in [6, 6.07) is 4.01. The van der Waals surface area contributed by atoms with Gasteiger partial charge in [0, 0.05) is 6.04 Å². The zero-order valence-electron chi connectivity index (χ0n) is 10.2. The van der Waals surface area contributed by atoms with Gasteiger partial charge < -0.3 is 9.84 Å². The van der Waals surface area contributed by atoms with E-state index in [4.69, 9.17) is 9.84 Å². The Morgan fingerprint density at radius 1 is 1.50 bits per heavy atom. The summed E-state index contributed by atoms with van der Waals surface area (Å²) in [6.45, 7) is 1.57. The molecule has 0 aliphatic carbocycles. The third-order valence-electron chi connectivity index (χ3n) is 2.47. The van der Waals surface area contributed by atoms with Crippen LogP contribution >= 0.6 is 15.9 Å². The van der Waals surface area contributed by atoms with Crippen molar-refractivity contribution in [2.24, 2.45) is 0 Å². The Labute approximate surface area is 115 Å². The average molecular weight is 338 g/mol. The largest absolute Gasteiger partial charge is 0.496 e. The molecule has 18 heavy (non-hydrogen) atoms. The predicted molar refractivity (Wildman–Crippen MR) is 72.2 cm³/mol. The van der Waals surface area contributed by atoms with E-state index in [1.165, 1.54) is 19.2 Å². The molecule has 102 valence electrons. The second kappa shape index (κ2) is 6.51. The predicted octanol–water partition coefficient (Wildman–Crippen LogP) is 1.51. The van der Waals surface area contributed by atoms with Crippen molar-refractivity contribution in [2.45, 2.75) is 24.3 Å². The van der Waals surface area contributed by atoms with Crippen molar-refractivity contribution >= 4 is 26.0 Å². The lowest BCUT2D eigenvalue weighted by molar-refractivity contribution is 0.254. The van der Waals surface area contributed by atoms with Crippen molar-refractivity contribution in [2.75, 3.05) is 13.7 Å². The minimum Gasteiger partial charge on any atom is -0.496 e. The van der Waals surface area contributed by atoms with E-state index in [1.807, 2.05) is 0 Å². The maximum Gasteiger partial charge on any atom is 0.240 e. The Balaban J connectivity index is 3.02. The van der Waals surface area contributed by atoms with E-state index in [-0.39, 0.29) is 11.5 Å². The number of aliphatic hydroxyl groups is 1. The summed E-state index contributed by atoms with van der Waals surface area (Å²) in [7, 11) is -2.12.